The van der Waals surface area contributed by atoms with Crippen LogP contribution in [0.4, 0.5) is 0 Å². The van der Waals surface area contributed by atoms with Crippen molar-refractivity contribution in [2.24, 2.45) is 0 Å². The summed E-state index contributed by atoms with van der Waals surface area (Å²) in [7, 11) is 4.16. The summed E-state index contributed by atoms with van der Waals surface area (Å²) in [5.41, 5.74) is -1.31. The van der Waals surface area contributed by atoms with E-state index in [1.165, 1.54) is 21.1 Å². The summed E-state index contributed by atoms with van der Waals surface area (Å²) in [6, 6.07) is 0. The van der Waals surface area contributed by atoms with Gasteiger partial charge in [0.2, 0.25) is 0 Å². The van der Waals surface area contributed by atoms with E-state index in [1.54, 1.807) is 14.0 Å². The van der Waals surface area contributed by atoms with Crippen molar-refractivity contribution in [2.75, 3.05) is 27.9 Å². The lowest BCUT2D eigenvalue weighted by atomic mass is 10.1. The number of hydrogen-bond donors (Lipinski definition) is 1. The van der Waals surface area contributed by atoms with Gasteiger partial charge in [-0.1, -0.05) is 6.92 Å². The fraction of sp³-hybridized carbons (Fsp3) is 0.818. The predicted octanol–water partition coefficient (Wildman–Crippen LogP) is 0.516. The maximum atomic E-state index is 10.6. The van der Waals surface area contributed by atoms with Gasteiger partial charge in [-0.25, -0.2) is 4.79 Å². The zero-order valence-corrected chi connectivity index (χ0v) is 11.1. The third kappa shape index (κ3) is 9.77. The molecule has 0 rings (SSSR count). The summed E-state index contributed by atoms with van der Waals surface area (Å²) in [5, 5.41) is 9.12. The number of carbonyl (C=O) groups excluding carboxylic acids is 2. The molecule has 0 aliphatic rings. The quantitative estimate of drug-likeness (QED) is 0.716. The topological polar surface area (TPSA) is 82.1 Å². The molecule has 0 aromatic heterocycles. The van der Waals surface area contributed by atoms with Gasteiger partial charge in [0.1, 0.15) is 0 Å². The van der Waals surface area contributed by atoms with E-state index in [2.05, 4.69) is 14.2 Å². The van der Waals surface area contributed by atoms with E-state index in [1.807, 2.05) is 0 Å². The minimum Gasteiger partial charge on any atom is -0.469 e. The van der Waals surface area contributed by atoms with Crippen LogP contribution in [-0.4, -0.2) is 50.6 Å². The molecule has 102 valence electrons. The van der Waals surface area contributed by atoms with Gasteiger partial charge in [0.25, 0.3) is 0 Å². The van der Waals surface area contributed by atoms with Gasteiger partial charge in [0, 0.05) is 7.11 Å². The van der Waals surface area contributed by atoms with Crippen LogP contribution in [0.25, 0.3) is 0 Å². The zero-order valence-electron chi connectivity index (χ0n) is 11.1. The highest BCUT2D eigenvalue weighted by molar-refractivity contribution is 5.78. The van der Waals surface area contributed by atoms with E-state index >= 15 is 0 Å². The second-order valence-corrected chi connectivity index (χ2v) is 3.44. The SMILES string of the molecule is CCC(C)(O)C(=O)OC.COCCC(=O)OC. The molecule has 0 aliphatic heterocycles. The Morgan fingerprint density at radius 3 is 1.94 bits per heavy atom. The molecule has 6 nitrogen and oxygen atoms in total. The highest BCUT2D eigenvalue weighted by atomic mass is 16.5. The molecule has 0 radical (unpaired) electrons. The Hall–Kier alpha value is -1.14. The second kappa shape index (κ2) is 10.0. The van der Waals surface area contributed by atoms with Crippen LogP contribution in [0.2, 0.25) is 0 Å². The Kier molecular flexibility index (Phi) is 10.8. The van der Waals surface area contributed by atoms with Crippen molar-refractivity contribution >= 4 is 11.9 Å². The van der Waals surface area contributed by atoms with Crippen LogP contribution < -0.4 is 0 Å². The number of esters is 2. The first-order valence-electron chi connectivity index (χ1n) is 5.22. The molecule has 0 bridgehead atoms. The van der Waals surface area contributed by atoms with E-state index in [4.69, 9.17) is 5.11 Å². The molecule has 1 atom stereocenters. The summed E-state index contributed by atoms with van der Waals surface area (Å²) in [5.74, 6) is -0.808. The first-order valence-corrected chi connectivity index (χ1v) is 5.22. The van der Waals surface area contributed by atoms with Crippen LogP contribution in [-0.2, 0) is 23.8 Å². The minimum atomic E-state index is -1.31. The van der Waals surface area contributed by atoms with Gasteiger partial charge in [-0.05, 0) is 13.3 Å². The Morgan fingerprint density at radius 1 is 1.18 bits per heavy atom. The molecule has 1 unspecified atom stereocenters. The molecule has 0 spiro atoms. The molecule has 0 heterocycles. The molecule has 0 aromatic rings. The van der Waals surface area contributed by atoms with Gasteiger partial charge in [-0.15, -0.1) is 0 Å². The first-order chi connectivity index (χ1) is 7.85. The van der Waals surface area contributed by atoms with Crippen molar-refractivity contribution in [3.8, 4) is 0 Å². The molecule has 0 saturated heterocycles. The highest BCUT2D eigenvalue weighted by Gasteiger charge is 2.28. The summed E-state index contributed by atoms with van der Waals surface area (Å²) < 4.78 is 13.3. The maximum Gasteiger partial charge on any atom is 0.337 e. The van der Waals surface area contributed by atoms with E-state index in [0.29, 0.717) is 19.4 Å². The standard InChI is InChI=1S/C6H12O3.C5H10O3/c1-4-6(2,8)5(7)9-3;1-7-4-3-5(6)8-2/h8H,4H2,1-3H3;3-4H2,1-2H3. The third-order valence-corrected chi connectivity index (χ3v) is 2.05. The largest absolute Gasteiger partial charge is 0.469 e. The molecule has 0 aliphatic carbocycles. The zero-order chi connectivity index (χ0) is 13.9. The van der Waals surface area contributed by atoms with Gasteiger partial charge in [0.05, 0.1) is 27.2 Å². The van der Waals surface area contributed by atoms with Gasteiger partial charge in [0.15, 0.2) is 5.60 Å². The number of hydrogen-bond acceptors (Lipinski definition) is 6. The Labute approximate surface area is 102 Å². The number of carbonyl (C=O) groups is 2. The predicted molar refractivity (Wildman–Crippen MR) is 61.4 cm³/mol. The van der Waals surface area contributed by atoms with Crippen molar-refractivity contribution < 1.29 is 28.9 Å². The average Bonchev–Trinajstić information content (AvgIpc) is 2.35. The normalized spacial score (nSPS) is 12.8. The number of ether oxygens (including phenoxy) is 3. The maximum absolute atomic E-state index is 10.6. The summed E-state index contributed by atoms with van der Waals surface area (Å²) in [4.78, 5) is 20.9. The van der Waals surface area contributed by atoms with Crippen molar-refractivity contribution in [1.29, 1.82) is 0 Å². The Balaban J connectivity index is 0. The van der Waals surface area contributed by atoms with Crippen molar-refractivity contribution in [1.82, 2.24) is 0 Å². The van der Waals surface area contributed by atoms with Crippen LogP contribution >= 0.6 is 0 Å². The van der Waals surface area contributed by atoms with E-state index in [0.717, 1.165) is 0 Å². The van der Waals surface area contributed by atoms with Crippen LogP contribution in [0.15, 0.2) is 0 Å². The number of aliphatic hydroxyl groups is 1. The molecular formula is C11H22O6. The lowest BCUT2D eigenvalue weighted by Gasteiger charge is -2.16. The fourth-order valence-corrected chi connectivity index (χ4v) is 0.652. The first kappa shape index (κ1) is 18.2. The Morgan fingerprint density at radius 2 is 1.71 bits per heavy atom. The van der Waals surface area contributed by atoms with Crippen LogP contribution in [0.5, 0.6) is 0 Å². The molecule has 6 heteroatoms. The molecular weight excluding hydrogens is 228 g/mol. The average molecular weight is 250 g/mol. The third-order valence-electron chi connectivity index (χ3n) is 2.05. The van der Waals surface area contributed by atoms with Gasteiger partial charge < -0.3 is 19.3 Å². The lowest BCUT2D eigenvalue weighted by molar-refractivity contribution is -0.160. The van der Waals surface area contributed by atoms with Crippen molar-refractivity contribution in [2.45, 2.75) is 32.3 Å². The highest BCUT2D eigenvalue weighted by Crippen LogP contribution is 2.09. The monoisotopic (exact) mass is 250 g/mol. The molecule has 0 aromatic carbocycles. The molecule has 0 fully saturated rings. The smallest absolute Gasteiger partial charge is 0.337 e. The molecule has 17 heavy (non-hydrogen) atoms. The van der Waals surface area contributed by atoms with Crippen LogP contribution in [0, 0.1) is 0 Å². The van der Waals surface area contributed by atoms with E-state index in [-0.39, 0.29) is 5.97 Å². The minimum absolute atomic E-state index is 0.230. The molecule has 0 saturated carbocycles. The van der Waals surface area contributed by atoms with Crippen molar-refractivity contribution in [3.05, 3.63) is 0 Å². The van der Waals surface area contributed by atoms with Crippen LogP contribution in [0.1, 0.15) is 26.7 Å². The summed E-state index contributed by atoms with van der Waals surface area (Å²) >= 11 is 0. The summed E-state index contributed by atoms with van der Waals surface area (Å²) in [6.07, 6.45) is 0.715. The molecule has 1 N–H and O–H groups in total. The van der Waals surface area contributed by atoms with Gasteiger partial charge in [-0.3, -0.25) is 4.79 Å². The van der Waals surface area contributed by atoms with Crippen LogP contribution in [0.3, 0.4) is 0 Å². The van der Waals surface area contributed by atoms with E-state index in [9.17, 15) is 9.59 Å². The fourth-order valence-electron chi connectivity index (χ4n) is 0.652. The molecule has 0 amide bonds. The Bertz CT molecular complexity index is 224. The lowest BCUT2D eigenvalue weighted by Crippen LogP contribution is -2.35. The van der Waals surface area contributed by atoms with Gasteiger partial charge in [-0.2, -0.15) is 0 Å². The van der Waals surface area contributed by atoms with E-state index < -0.39 is 11.6 Å². The second-order valence-electron chi connectivity index (χ2n) is 3.44. The number of rotatable bonds is 5. The summed E-state index contributed by atoms with van der Waals surface area (Å²) in [6.45, 7) is 3.59. The number of methoxy groups -OCH3 is 3. The van der Waals surface area contributed by atoms with Crippen molar-refractivity contribution in [3.63, 3.8) is 0 Å². The van der Waals surface area contributed by atoms with Gasteiger partial charge >= 0.3 is 11.9 Å².